The van der Waals surface area contributed by atoms with Crippen LogP contribution in [-0.4, -0.2) is 18.6 Å². The van der Waals surface area contributed by atoms with Gasteiger partial charge < -0.3 is 9.47 Å². The Kier molecular flexibility index (Phi) is 3.83. The van der Waals surface area contributed by atoms with Gasteiger partial charge in [-0.25, -0.2) is 0 Å². The minimum Gasteiger partial charge on any atom is -0.346 e. The smallest absolute Gasteiger partial charge is 0.184 e. The first-order chi connectivity index (χ1) is 9.36. The molecule has 1 aliphatic rings. The highest BCUT2D eigenvalue weighted by Gasteiger charge is 2.26. The number of hydrogen-bond donors (Lipinski definition) is 0. The van der Waals surface area contributed by atoms with Gasteiger partial charge in [0.05, 0.1) is 18.6 Å². The van der Waals surface area contributed by atoms with Crippen LogP contribution in [0.5, 0.6) is 0 Å². The molecular weight excluding hydrogens is 260 g/mol. The molecule has 0 aromatic heterocycles. The van der Waals surface area contributed by atoms with Crippen molar-refractivity contribution in [2.24, 2.45) is 0 Å². The first-order valence-electron chi connectivity index (χ1n) is 6.35. The average Bonchev–Trinajstić information content (AvgIpc) is 2.97. The number of benzene rings is 2. The van der Waals surface area contributed by atoms with Gasteiger partial charge in [-0.3, -0.25) is 0 Å². The van der Waals surface area contributed by atoms with E-state index in [0.29, 0.717) is 12.5 Å². The van der Waals surface area contributed by atoms with E-state index in [-0.39, 0.29) is 12.4 Å². The van der Waals surface area contributed by atoms with Gasteiger partial charge in [0, 0.05) is 5.56 Å². The zero-order valence-electron chi connectivity index (χ0n) is 10.5. The maximum atomic E-state index is 5.76. The molecule has 98 valence electrons. The molecule has 1 saturated heterocycles. The molecule has 0 aliphatic carbocycles. The summed E-state index contributed by atoms with van der Waals surface area (Å²) in [5.74, 6) is 0.471. The average molecular weight is 275 g/mol. The summed E-state index contributed by atoms with van der Waals surface area (Å²) in [6.07, 6.45) is -0.283. The lowest BCUT2D eigenvalue weighted by atomic mass is 10.0. The van der Waals surface area contributed by atoms with Gasteiger partial charge in [0.2, 0.25) is 0 Å². The highest BCUT2D eigenvalue weighted by atomic mass is 35.5. The van der Waals surface area contributed by atoms with Gasteiger partial charge >= 0.3 is 0 Å². The van der Waals surface area contributed by atoms with Crippen LogP contribution in [0, 0.1) is 0 Å². The molecule has 2 aromatic rings. The fraction of sp³-hybridized carbons (Fsp3) is 0.250. The Morgan fingerprint density at radius 1 is 0.947 bits per heavy atom. The summed E-state index contributed by atoms with van der Waals surface area (Å²) in [7, 11) is 0. The van der Waals surface area contributed by atoms with E-state index in [9.17, 15) is 0 Å². The third-order valence-corrected chi connectivity index (χ3v) is 3.56. The van der Waals surface area contributed by atoms with Crippen molar-refractivity contribution in [3.63, 3.8) is 0 Å². The Balaban J connectivity index is 1.76. The van der Waals surface area contributed by atoms with E-state index in [4.69, 9.17) is 21.1 Å². The topological polar surface area (TPSA) is 18.5 Å². The largest absolute Gasteiger partial charge is 0.346 e. The summed E-state index contributed by atoms with van der Waals surface area (Å²) in [4.78, 5) is 0. The third kappa shape index (κ3) is 2.81. The fourth-order valence-electron chi connectivity index (χ4n) is 2.17. The number of alkyl halides is 1. The molecule has 0 unspecified atom stereocenters. The first-order valence-corrected chi connectivity index (χ1v) is 6.88. The third-order valence-electron chi connectivity index (χ3n) is 3.21. The van der Waals surface area contributed by atoms with Gasteiger partial charge in [-0.15, -0.1) is 11.6 Å². The summed E-state index contributed by atoms with van der Waals surface area (Å²) < 4.78 is 11.3. The lowest BCUT2D eigenvalue weighted by Gasteiger charge is -2.11. The number of ether oxygens (including phenoxy) is 2. The summed E-state index contributed by atoms with van der Waals surface area (Å²) in [5.41, 5.74) is 3.43. The molecule has 0 radical (unpaired) electrons. The predicted octanol–water partition coefficient (Wildman–Crippen LogP) is 4.01. The van der Waals surface area contributed by atoms with Crippen LogP contribution in [0.1, 0.15) is 11.9 Å². The summed E-state index contributed by atoms with van der Waals surface area (Å²) in [6, 6.07) is 18.6. The summed E-state index contributed by atoms with van der Waals surface area (Å²) in [6.45, 7) is 0.564. The van der Waals surface area contributed by atoms with Gasteiger partial charge in [0.1, 0.15) is 0 Å². The van der Waals surface area contributed by atoms with Crippen molar-refractivity contribution in [1.29, 1.82) is 0 Å². The van der Waals surface area contributed by atoms with Crippen molar-refractivity contribution in [2.45, 2.75) is 12.4 Å². The van der Waals surface area contributed by atoms with Crippen molar-refractivity contribution < 1.29 is 9.47 Å². The first kappa shape index (κ1) is 12.7. The molecule has 2 atom stereocenters. The van der Waals surface area contributed by atoms with Crippen LogP contribution in [0.2, 0.25) is 0 Å². The van der Waals surface area contributed by atoms with E-state index in [1.807, 2.05) is 30.3 Å². The minimum atomic E-state index is -0.284. The van der Waals surface area contributed by atoms with Crippen LogP contribution in [0.15, 0.2) is 54.6 Å². The Bertz CT molecular complexity index is 524. The number of rotatable bonds is 3. The maximum absolute atomic E-state index is 5.76. The van der Waals surface area contributed by atoms with Gasteiger partial charge in [-0.05, 0) is 11.1 Å². The predicted molar refractivity (Wildman–Crippen MR) is 76.2 cm³/mol. The number of halogens is 1. The minimum absolute atomic E-state index is 0.000432. The van der Waals surface area contributed by atoms with Crippen LogP contribution in [0.4, 0.5) is 0 Å². The molecule has 2 nitrogen and oxygen atoms in total. The molecule has 1 fully saturated rings. The van der Waals surface area contributed by atoms with Crippen LogP contribution in [0.3, 0.4) is 0 Å². The van der Waals surface area contributed by atoms with Crippen molar-refractivity contribution in [3.8, 4) is 11.1 Å². The van der Waals surface area contributed by atoms with Crippen molar-refractivity contribution in [3.05, 3.63) is 60.2 Å². The normalized spacial score (nSPS) is 22.6. The highest BCUT2D eigenvalue weighted by molar-refractivity contribution is 6.18. The zero-order chi connectivity index (χ0) is 13.1. The highest BCUT2D eigenvalue weighted by Crippen LogP contribution is 2.29. The van der Waals surface area contributed by atoms with E-state index in [1.165, 1.54) is 11.1 Å². The van der Waals surface area contributed by atoms with E-state index in [1.54, 1.807) is 0 Å². The monoisotopic (exact) mass is 274 g/mol. The van der Waals surface area contributed by atoms with Crippen molar-refractivity contribution in [2.75, 3.05) is 12.5 Å². The SMILES string of the molecule is ClC[C@@H]1CO[C@@H](c2ccc(-c3ccccc3)cc2)O1. The molecule has 2 aromatic carbocycles. The molecular formula is C16H15ClO2. The van der Waals surface area contributed by atoms with Crippen LogP contribution < -0.4 is 0 Å². The van der Waals surface area contributed by atoms with Crippen molar-refractivity contribution >= 4 is 11.6 Å². The molecule has 1 heterocycles. The molecule has 3 heteroatoms. The molecule has 0 N–H and O–H groups in total. The van der Waals surface area contributed by atoms with Crippen LogP contribution in [-0.2, 0) is 9.47 Å². The standard InChI is InChI=1S/C16H15ClO2/c17-10-15-11-18-16(19-15)14-8-6-13(7-9-14)12-4-2-1-3-5-12/h1-9,15-16H,10-11H2/t15-,16-/m1/s1. The fourth-order valence-corrected chi connectivity index (χ4v) is 2.33. The Morgan fingerprint density at radius 2 is 1.63 bits per heavy atom. The Morgan fingerprint density at radius 3 is 2.26 bits per heavy atom. The molecule has 1 aliphatic heterocycles. The maximum Gasteiger partial charge on any atom is 0.184 e. The molecule has 19 heavy (non-hydrogen) atoms. The second-order valence-corrected chi connectivity index (χ2v) is 4.87. The van der Waals surface area contributed by atoms with Gasteiger partial charge in [-0.2, -0.15) is 0 Å². The molecule has 0 amide bonds. The van der Waals surface area contributed by atoms with E-state index >= 15 is 0 Å². The van der Waals surface area contributed by atoms with E-state index < -0.39 is 0 Å². The van der Waals surface area contributed by atoms with E-state index in [2.05, 4.69) is 24.3 Å². The second kappa shape index (κ2) is 5.74. The second-order valence-electron chi connectivity index (χ2n) is 4.57. The quantitative estimate of drug-likeness (QED) is 0.788. The van der Waals surface area contributed by atoms with Crippen LogP contribution >= 0.6 is 11.6 Å². The Hall–Kier alpha value is -1.35. The molecule has 3 rings (SSSR count). The van der Waals surface area contributed by atoms with E-state index in [0.717, 1.165) is 5.56 Å². The lowest BCUT2D eigenvalue weighted by molar-refractivity contribution is -0.0567. The van der Waals surface area contributed by atoms with Gasteiger partial charge in [-0.1, -0.05) is 54.6 Å². The van der Waals surface area contributed by atoms with Gasteiger partial charge in [0.15, 0.2) is 6.29 Å². The van der Waals surface area contributed by atoms with Gasteiger partial charge in [0.25, 0.3) is 0 Å². The lowest BCUT2D eigenvalue weighted by Crippen LogP contribution is -2.10. The summed E-state index contributed by atoms with van der Waals surface area (Å²) >= 11 is 5.76. The number of hydrogen-bond acceptors (Lipinski definition) is 2. The molecule has 0 bridgehead atoms. The van der Waals surface area contributed by atoms with Crippen LogP contribution in [0.25, 0.3) is 11.1 Å². The zero-order valence-corrected chi connectivity index (χ0v) is 11.2. The Labute approximate surface area is 117 Å². The summed E-state index contributed by atoms with van der Waals surface area (Å²) in [5, 5.41) is 0. The van der Waals surface area contributed by atoms with Crippen molar-refractivity contribution in [1.82, 2.24) is 0 Å². The molecule has 0 spiro atoms. The molecule has 0 saturated carbocycles.